The van der Waals surface area contributed by atoms with Crippen molar-refractivity contribution in [1.29, 1.82) is 0 Å². The monoisotopic (exact) mass is 268 g/mol. The minimum absolute atomic E-state index is 0.0381. The van der Waals surface area contributed by atoms with Crippen LogP contribution in [0.3, 0.4) is 0 Å². The fourth-order valence-electron chi connectivity index (χ4n) is 1.42. The lowest BCUT2D eigenvalue weighted by Crippen LogP contribution is -2.05. The highest BCUT2D eigenvalue weighted by atomic mass is 19.4. The number of nitrogens with zero attached hydrogens (tertiary/aromatic N) is 2. The van der Waals surface area contributed by atoms with Crippen molar-refractivity contribution >= 4 is 5.97 Å². The van der Waals surface area contributed by atoms with Crippen LogP contribution in [0.4, 0.5) is 13.2 Å². The summed E-state index contributed by atoms with van der Waals surface area (Å²) in [6.07, 6.45) is -2.35. The van der Waals surface area contributed by atoms with Crippen LogP contribution in [0.15, 0.2) is 36.7 Å². The average molecular weight is 268 g/mol. The number of aromatic nitrogens is 2. The zero-order valence-electron chi connectivity index (χ0n) is 9.35. The van der Waals surface area contributed by atoms with Gasteiger partial charge < -0.3 is 5.11 Å². The fraction of sp³-hybridized carbons (Fsp3) is 0.0833. The van der Waals surface area contributed by atoms with Gasteiger partial charge in [0.1, 0.15) is 0 Å². The maximum Gasteiger partial charge on any atom is 0.416 e. The highest BCUT2D eigenvalue weighted by molar-refractivity contribution is 5.86. The second-order valence-electron chi connectivity index (χ2n) is 3.68. The van der Waals surface area contributed by atoms with E-state index in [1.54, 1.807) is 0 Å². The Hall–Kier alpha value is -2.44. The van der Waals surface area contributed by atoms with Gasteiger partial charge in [0.05, 0.1) is 11.1 Å². The molecule has 0 saturated carbocycles. The molecule has 0 atom stereocenters. The summed E-state index contributed by atoms with van der Waals surface area (Å²) in [7, 11) is 0. The summed E-state index contributed by atoms with van der Waals surface area (Å²) in [5.74, 6) is -1.16. The van der Waals surface area contributed by atoms with Crippen molar-refractivity contribution in [3.05, 3.63) is 47.8 Å². The summed E-state index contributed by atoms with van der Waals surface area (Å²) < 4.78 is 37.6. The van der Waals surface area contributed by atoms with Crippen LogP contribution in [-0.4, -0.2) is 21.0 Å². The van der Waals surface area contributed by atoms with Gasteiger partial charge in [-0.25, -0.2) is 14.8 Å². The van der Waals surface area contributed by atoms with E-state index in [1.165, 1.54) is 12.1 Å². The normalized spacial score (nSPS) is 11.3. The minimum Gasteiger partial charge on any atom is -0.478 e. The quantitative estimate of drug-likeness (QED) is 0.909. The van der Waals surface area contributed by atoms with Crippen molar-refractivity contribution < 1.29 is 23.1 Å². The molecule has 1 N–H and O–H groups in total. The van der Waals surface area contributed by atoms with Crippen molar-refractivity contribution in [2.75, 3.05) is 0 Å². The summed E-state index contributed by atoms with van der Waals surface area (Å²) in [6.45, 7) is 0. The van der Waals surface area contributed by atoms with Crippen molar-refractivity contribution in [1.82, 2.24) is 9.97 Å². The molecule has 2 rings (SSSR count). The van der Waals surface area contributed by atoms with Gasteiger partial charge in [0, 0.05) is 18.0 Å². The molecule has 0 bridgehead atoms. The summed E-state index contributed by atoms with van der Waals surface area (Å²) in [4.78, 5) is 18.1. The maximum atomic E-state index is 12.5. The Balaban J connectivity index is 2.39. The molecule has 0 amide bonds. The van der Waals surface area contributed by atoms with Gasteiger partial charge in [-0.3, -0.25) is 0 Å². The molecular weight excluding hydrogens is 261 g/mol. The highest BCUT2D eigenvalue weighted by Crippen LogP contribution is 2.31. The number of hydrogen-bond donors (Lipinski definition) is 1. The average Bonchev–Trinajstić information content (AvgIpc) is 2.38. The molecule has 4 nitrogen and oxygen atoms in total. The van der Waals surface area contributed by atoms with Gasteiger partial charge in [-0.15, -0.1) is 0 Å². The topological polar surface area (TPSA) is 63.1 Å². The van der Waals surface area contributed by atoms with E-state index in [4.69, 9.17) is 5.11 Å². The van der Waals surface area contributed by atoms with Crippen LogP contribution in [0.25, 0.3) is 11.4 Å². The van der Waals surface area contributed by atoms with Gasteiger partial charge in [0.25, 0.3) is 0 Å². The number of alkyl halides is 3. The van der Waals surface area contributed by atoms with E-state index >= 15 is 0 Å². The van der Waals surface area contributed by atoms with Gasteiger partial charge in [-0.2, -0.15) is 13.2 Å². The third-order valence-corrected chi connectivity index (χ3v) is 2.35. The molecule has 19 heavy (non-hydrogen) atoms. The molecule has 0 spiro atoms. The largest absolute Gasteiger partial charge is 0.478 e. The van der Waals surface area contributed by atoms with E-state index in [0.29, 0.717) is 0 Å². The number of benzene rings is 1. The van der Waals surface area contributed by atoms with E-state index in [1.807, 2.05) is 0 Å². The standard InChI is InChI=1S/C12H7F3N2O2/c13-12(14,15)9-3-1-2-7(4-9)10-16-5-8(6-17-10)11(18)19/h1-6H,(H,18,19). The van der Waals surface area contributed by atoms with Crippen molar-refractivity contribution in [3.8, 4) is 11.4 Å². The van der Waals surface area contributed by atoms with Crippen LogP contribution in [0.5, 0.6) is 0 Å². The Kier molecular flexibility index (Phi) is 3.20. The Morgan fingerprint density at radius 3 is 2.32 bits per heavy atom. The second kappa shape index (κ2) is 4.68. The molecule has 0 aliphatic carbocycles. The van der Waals surface area contributed by atoms with Crippen LogP contribution < -0.4 is 0 Å². The smallest absolute Gasteiger partial charge is 0.416 e. The molecule has 0 radical (unpaired) electrons. The van der Waals surface area contributed by atoms with E-state index < -0.39 is 17.7 Å². The van der Waals surface area contributed by atoms with E-state index in [2.05, 4.69) is 9.97 Å². The highest BCUT2D eigenvalue weighted by Gasteiger charge is 2.30. The first-order valence-electron chi connectivity index (χ1n) is 5.11. The Bertz CT molecular complexity index is 609. The third-order valence-electron chi connectivity index (χ3n) is 2.35. The predicted octanol–water partition coefficient (Wildman–Crippen LogP) is 2.86. The molecule has 0 aliphatic heterocycles. The lowest BCUT2D eigenvalue weighted by atomic mass is 10.1. The molecule has 1 heterocycles. The van der Waals surface area contributed by atoms with Crippen molar-refractivity contribution in [2.24, 2.45) is 0 Å². The molecule has 1 aromatic carbocycles. The third kappa shape index (κ3) is 2.87. The predicted molar refractivity (Wildman–Crippen MR) is 59.4 cm³/mol. The number of carboxylic acid groups (broad SMARTS) is 1. The van der Waals surface area contributed by atoms with E-state index in [-0.39, 0.29) is 17.0 Å². The number of rotatable bonds is 2. The van der Waals surface area contributed by atoms with E-state index in [0.717, 1.165) is 24.5 Å². The van der Waals surface area contributed by atoms with Gasteiger partial charge in [0.2, 0.25) is 0 Å². The molecule has 1 aromatic heterocycles. The Morgan fingerprint density at radius 2 is 1.79 bits per heavy atom. The minimum atomic E-state index is -4.45. The zero-order chi connectivity index (χ0) is 14.0. The summed E-state index contributed by atoms with van der Waals surface area (Å²) >= 11 is 0. The lowest BCUT2D eigenvalue weighted by Gasteiger charge is -2.07. The van der Waals surface area contributed by atoms with Gasteiger partial charge in [-0.05, 0) is 12.1 Å². The molecule has 98 valence electrons. The molecule has 0 fully saturated rings. The van der Waals surface area contributed by atoms with E-state index in [9.17, 15) is 18.0 Å². The maximum absolute atomic E-state index is 12.5. The summed E-state index contributed by atoms with van der Waals surface area (Å²) in [5, 5.41) is 8.67. The summed E-state index contributed by atoms with van der Waals surface area (Å²) in [5.41, 5.74) is -0.765. The summed E-state index contributed by atoms with van der Waals surface area (Å²) in [6, 6.07) is 4.52. The molecule has 2 aromatic rings. The molecular formula is C12H7F3N2O2. The number of carbonyl (C=O) groups is 1. The number of hydrogen-bond acceptors (Lipinski definition) is 3. The first-order valence-corrected chi connectivity index (χ1v) is 5.11. The van der Waals surface area contributed by atoms with Crippen LogP contribution in [0, 0.1) is 0 Å². The Morgan fingerprint density at radius 1 is 1.16 bits per heavy atom. The lowest BCUT2D eigenvalue weighted by molar-refractivity contribution is -0.137. The number of halogens is 3. The van der Waals surface area contributed by atoms with Gasteiger partial charge >= 0.3 is 12.1 Å². The molecule has 0 saturated heterocycles. The first-order chi connectivity index (χ1) is 8.88. The number of carboxylic acids is 1. The molecule has 0 aliphatic rings. The number of aromatic carboxylic acids is 1. The van der Waals surface area contributed by atoms with Crippen LogP contribution in [0.2, 0.25) is 0 Å². The zero-order valence-corrected chi connectivity index (χ0v) is 9.35. The van der Waals surface area contributed by atoms with Crippen molar-refractivity contribution in [3.63, 3.8) is 0 Å². The second-order valence-corrected chi connectivity index (χ2v) is 3.68. The molecule has 7 heteroatoms. The first kappa shape index (κ1) is 13.0. The van der Waals surface area contributed by atoms with Gasteiger partial charge in [-0.1, -0.05) is 12.1 Å². The van der Waals surface area contributed by atoms with Crippen LogP contribution in [0.1, 0.15) is 15.9 Å². The fourth-order valence-corrected chi connectivity index (χ4v) is 1.42. The Labute approximate surface area is 105 Å². The van der Waals surface area contributed by atoms with Crippen LogP contribution >= 0.6 is 0 Å². The molecule has 0 unspecified atom stereocenters. The van der Waals surface area contributed by atoms with Crippen molar-refractivity contribution in [2.45, 2.75) is 6.18 Å². The van der Waals surface area contributed by atoms with Gasteiger partial charge in [0.15, 0.2) is 5.82 Å². The SMILES string of the molecule is O=C(O)c1cnc(-c2cccc(C(F)(F)F)c2)nc1. The van der Waals surface area contributed by atoms with Crippen LogP contribution in [-0.2, 0) is 6.18 Å².